The summed E-state index contributed by atoms with van der Waals surface area (Å²) >= 11 is 0. The molecule has 0 aliphatic heterocycles. The van der Waals surface area contributed by atoms with Crippen LogP contribution in [-0.4, -0.2) is 10.8 Å². The molecule has 0 amide bonds. The van der Waals surface area contributed by atoms with Gasteiger partial charge in [0.2, 0.25) is 0 Å². The van der Waals surface area contributed by atoms with Gasteiger partial charge in [-0.05, 0) is 30.7 Å². The van der Waals surface area contributed by atoms with Gasteiger partial charge < -0.3 is 0 Å². The predicted molar refractivity (Wildman–Crippen MR) is 61.5 cm³/mol. The van der Waals surface area contributed by atoms with Crippen LogP contribution >= 0.6 is 0 Å². The molecule has 5 heteroatoms. The number of alkyl halides is 3. The molecule has 0 N–H and O–H groups in total. The fourth-order valence-electron chi connectivity index (χ4n) is 1.81. The van der Waals surface area contributed by atoms with Crippen LogP contribution in [0.3, 0.4) is 0 Å². The summed E-state index contributed by atoms with van der Waals surface area (Å²) in [4.78, 5) is 15.3. The first-order valence-corrected chi connectivity index (χ1v) is 5.28. The Kier molecular flexibility index (Phi) is 2.84. The first kappa shape index (κ1) is 12.5. The Balaban J connectivity index is 2.69. The van der Waals surface area contributed by atoms with Crippen LogP contribution in [0.2, 0.25) is 0 Å². The quantitative estimate of drug-likeness (QED) is 0.724. The lowest BCUT2D eigenvalue weighted by molar-refractivity contribution is -0.137. The molecular weight excluding hydrogens is 243 g/mol. The number of hydrogen-bond donors (Lipinski definition) is 0. The molecule has 0 saturated carbocycles. The summed E-state index contributed by atoms with van der Waals surface area (Å²) in [6.45, 7) is 3.05. The van der Waals surface area contributed by atoms with Crippen molar-refractivity contribution in [2.24, 2.45) is 0 Å². The molecule has 1 aromatic carbocycles. The van der Waals surface area contributed by atoms with Crippen molar-refractivity contribution >= 4 is 16.7 Å². The third kappa shape index (κ3) is 2.20. The van der Waals surface area contributed by atoms with E-state index in [9.17, 15) is 18.0 Å². The summed E-state index contributed by atoms with van der Waals surface area (Å²) in [5.74, 6) is -0.258. The number of rotatable bonds is 1. The highest BCUT2D eigenvalue weighted by atomic mass is 19.4. The van der Waals surface area contributed by atoms with Crippen molar-refractivity contribution in [2.45, 2.75) is 20.0 Å². The number of hydrogen-bond acceptors (Lipinski definition) is 2. The Morgan fingerprint density at radius 3 is 2.44 bits per heavy atom. The van der Waals surface area contributed by atoms with Crippen molar-refractivity contribution in [3.8, 4) is 0 Å². The van der Waals surface area contributed by atoms with E-state index in [0.717, 1.165) is 12.1 Å². The SMILES string of the molecule is CC(=O)c1nc2cc(C(F)(F)F)ccc2cc1C. The Morgan fingerprint density at radius 1 is 1.22 bits per heavy atom. The number of Topliss-reactive ketones (excluding diaryl/α,β-unsaturated/α-hetero) is 1. The Hall–Kier alpha value is -1.91. The van der Waals surface area contributed by atoms with Crippen molar-refractivity contribution in [1.29, 1.82) is 0 Å². The Labute approximate surface area is 101 Å². The molecule has 94 valence electrons. The summed E-state index contributed by atoms with van der Waals surface area (Å²) in [6.07, 6.45) is -4.41. The number of nitrogens with zero attached hydrogens (tertiary/aromatic N) is 1. The van der Waals surface area contributed by atoms with E-state index in [1.807, 2.05) is 0 Å². The summed E-state index contributed by atoms with van der Waals surface area (Å²) in [5.41, 5.74) is 0.290. The lowest BCUT2D eigenvalue weighted by Gasteiger charge is -2.09. The van der Waals surface area contributed by atoms with E-state index in [2.05, 4.69) is 4.98 Å². The van der Waals surface area contributed by atoms with Crippen LogP contribution in [0.25, 0.3) is 10.9 Å². The molecule has 0 unspecified atom stereocenters. The first-order chi connectivity index (χ1) is 8.29. The molecule has 2 aromatic rings. The summed E-state index contributed by atoms with van der Waals surface area (Å²) in [6, 6.07) is 5.00. The molecule has 0 aliphatic carbocycles. The zero-order valence-electron chi connectivity index (χ0n) is 9.80. The van der Waals surface area contributed by atoms with Gasteiger partial charge in [-0.1, -0.05) is 6.07 Å². The van der Waals surface area contributed by atoms with Crippen molar-refractivity contribution in [2.75, 3.05) is 0 Å². The number of benzene rings is 1. The molecule has 0 bridgehead atoms. The number of halogens is 3. The van der Waals surface area contributed by atoms with E-state index >= 15 is 0 Å². The van der Waals surface area contributed by atoms with Gasteiger partial charge in [0.25, 0.3) is 0 Å². The molecule has 1 heterocycles. The summed E-state index contributed by atoms with van der Waals surface area (Å²) < 4.78 is 37.7. The molecule has 0 aliphatic rings. The first-order valence-electron chi connectivity index (χ1n) is 5.28. The van der Waals surface area contributed by atoms with E-state index in [1.54, 1.807) is 13.0 Å². The van der Waals surface area contributed by atoms with Crippen LogP contribution in [0.15, 0.2) is 24.3 Å². The smallest absolute Gasteiger partial charge is 0.293 e. The molecule has 0 atom stereocenters. The van der Waals surface area contributed by atoms with Crippen LogP contribution in [0, 0.1) is 6.92 Å². The van der Waals surface area contributed by atoms with Crippen LogP contribution < -0.4 is 0 Å². The topological polar surface area (TPSA) is 30.0 Å². The van der Waals surface area contributed by atoms with Gasteiger partial charge >= 0.3 is 6.18 Å². The average Bonchev–Trinajstić information content (AvgIpc) is 2.25. The third-order valence-corrected chi connectivity index (χ3v) is 2.67. The van der Waals surface area contributed by atoms with Crippen molar-refractivity contribution < 1.29 is 18.0 Å². The highest BCUT2D eigenvalue weighted by Crippen LogP contribution is 2.31. The third-order valence-electron chi connectivity index (χ3n) is 2.67. The molecule has 2 rings (SSSR count). The van der Waals surface area contributed by atoms with Crippen LogP contribution in [0.4, 0.5) is 13.2 Å². The molecular formula is C13H10F3NO. The molecule has 0 saturated heterocycles. The number of aromatic nitrogens is 1. The maximum atomic E-state index is 12.6. The van der Waals surface area contributed by atoms with E-state index < -0.39 is 11.7 Å². The fourth-order valence-corrected chi connectivity index (χ4v) is 1.81. The van der Waals surface area contributed by atoms with Gasteiger partial charge in [0.1, 0.15) is 5.69 Å². The molecule has 18 heavy (non-hydrogen) atoms. The predicted octanol–water partition coefficient (Wildman–Crippen LogP) is 3.76. The maximum Gasteiger partial charge on any atom is 0.416 e. The van der Waals surface area contributed by atoms with Gasteiger partial charge in [0.05, 0.1) is 11.1 Å². The minimum absolute atomic E-state index is 0.181. The van der Waals surface area contributed by atoms with E-state index in [1.165, 1.54) is 13.0 Å². The normalized spacial score (nSPS) is 11.8. The molecule has 2 nitrogen and oxygen atoms in total. The second kappa shape index (κ2) is 4.08. The van der Waals surface area contributed by atoms with Gasteiger partial charge in [-0.3, -0.25) is 4.79 Å². The van der Waals surface area contributed by atoms with Gasteiger partial charge in [-0.2, -0.15) is 13.2 Å². The number of carbonyl (C=O) groups excluding carboxylic acids is 1. The van der Waals surface area contributed by atoms with Gasteiger partial charge in [0, 0.05) is 12.3 Å². The molecule has 0 spiro atoms. The number of ketones is 1. The van der Waals surface area contributed by atoms with E-state index in [0.29, 0.717) is 10.9 Å². The zero-order valence-corrected chi connectivity index (χ0v) is 9.80. The lowest BCUT2D eigenvalue weighted by Crippen LogP contribution is -2.06. The second-order valence-electron chi connectivity index (χ2n) is 4.12. The second-order valence-corrected chi connectivity index (χ2v) is 4.12. The fraction of sp³-hybridized carbons (Fsp3) is 0.231. The molecule has 0 radical (unpaired) electrons. The number of pyridine rings is 1. The largest absolute Gasteiger partial charge is 0.416 e. The monoisotopic (exact) mass is 253 g/mol. The average molecular weight is 253 g/mol. The van der Waals surface area contributed by atoms with Crippen LogP contribution in [-0.2, 0) is 6.18 Å². The number of aryl methyl sites for hydroxylation is 1. The van der Waals surface area contributed by atoms with E-state index in [-0.39, 0.29) is 17.0 Å². The lowest BCUT2D eigenvalue weighted by atomic mass is 10.1. The van der Waals surface area contributed by atoms with Crippen LogP contribution in [0.5, 0.6) is 0 Å². The maximum absolute atomic E-state index is 12.6. The summed E-state index contributed by atoms with van der Waals surface area (Å²) in [7, 11) is 0. The van der Waals surface area contributed by atoms with E-state index in [4.69, 9.17) is 0 Å². The summed E-state index contributed by atoms with van der Waals surface area (Å²) in [5, 5.41) is 0.588. The van der Waals surface area contributed by atoms with Crippen molar-refractivity contribution in [1.82, 2.24) is 4.98 Å². The minimum Gasteiger partial charge on any atom is -0.293 e. The standard InChI is InChI=1S/C13H10F3NO/c1-7-5-9-3-4-10(13(14,15)16)6-11(9)17-12(7)8(2)18/h3-6H,1-2H3. The zero-order chi connectivity index (χ0) is 13.5. The number of carbonyl (C=O) groups is 1. The van der Waals surface area contributed by atoms with Gasteiger partial charge in [-0.25, -0.2) is 4.98 Å². The van der Waals surface area contributed by atoms with Crippen molar-refractivity contribution in [3.05, 3.63) is 41.1 Å². The highest BCUT2D eigenvalue weighted by Gasteiger charge is 2.30. The molecule has 1 aromatic heterocycles. The molecule has 0 fully saturated rings. The highest BCUT2D eigenvalue weighted by molar-refractivity contribution is 5.96. The van der Waals surface area contributed by atoms with Gasteiger partial charge in [-0.15, -0.1) is 0 Å². The minimum atomic E-state index is -4.41. The van der Waals surface area contributed by atoms with Crippen LogP contribution in [0.1, 0.15) is 28.5 Å². The number of fused-ring (bicyclic) bond motifs is 1. The van der Waals surface area contributed by atoms with Gasteiger partial charge in [0.15, 0.2) is 5.78 Å². The Bertz CT molecular complexity index is 632. The Morgan fingerprint density at radius 2 is 1.89 bits per heavy atom. The van der Waals surface area contributed by atoms with Crippen molar-refractivity contribution in [3.63, 3.8) is 0 Å².